The van der Waals surface area contributed by atoms with E-state index < -0.39 is 0 Å². The van der Waals surface area contributed by atoms with E-state index in [2.05, 4.69) is 59.1 Å². The molecule has 0 aliphatic heterocycles. The lowest BCUT2D eigenvalue weighted by molar-refractivity contribution is 0.475. The van der Waals surface area contributed by atoms with Crippen LogP contribution in [0.5, 0.6) is 5.75 Å². The number of hydrogen-bond acceptors (Lipinski definition) is 2. The summed E-state index contributed by atoms with van der Waals surface area (Å²) in [7, 11) is 0. The van der Waals surface area contributed by atoms with Crippen molar-refractivity contribution in [3.8, 4) is 5.75 Å². The largest absolute Gasteiger partial charge is 0.508 e. The molecular weight excluding hydrogens is 349 g/mol. The molecule has 0 fully saturated rings. The summed E-state index contributed by atoms with van der Waals surface area (Å²) in [5, 5.41) is 12.7. The van der Waals surface area contributed by atoms with E-state index in [-0.39, 0.29) is 0 Å². The molecule has 2 rings (SSSR count). The third-order valence-corrected chi connectivity index (χ3v) is 3.89. The third kappa shape index (κ3) is 4.51. The average molecular weight is 367 g/mol. The molecular formula is C16H18INO. The van der Waals surface area contributed by atoms with Crippen molar-refractivity contribution in [2.75, 3.05) is 6.54 Å². The van der Waals surface area contributed by atoms with Crippen molar-refractivity contribution in [2.45, 2.75) is 19.4 Å². The standard InChI is InChI=1S/C16H18INO/c1-12(14-4-6-15(17)7-5-14)18-11-10-13-2-8-16(19)9-3-13/h2-9,12,18-19H,10-11H2,1H3. The van der Waals surface area contributed by atoms with Gasteiger partial charge in [-0.2, -0.15) is 0 Å². The van der Waals surface area contributed by atoms with E-state index in [0.717, 1.165) is 13.0 Å². The Morgan fingerprint density at radius 1 is 1.05 bits per heavy atom. The Balaban J connectivity index is 1.82. The van der Waals surface area contributed by atoms with Gasteiger partial charge in [0.1, 0.15) is 5.75 Å². The molecule has 3 heteroatoms. The van der Waals surface area contributed by atoms with Crippen LogP contribution in [0.1, 0.15) is 24.1 Å². The topological polar surface area (TPSA) is 32.3 Å². The fourth-order valence-corrected chi connectivity index (χ4v) is 2.32. The SMILES string of the molecule is CC(NCCc1ccc(O)cc1)c1ccc(I)cc1. The minimum Gasteiger partial charge on any atom is -0.508 e. The zero-order valence-electron chi connectivity index (χ0n) is 10.9. The van der Waals surface area contributed by atoms with Gasteiger partial charge in [-0.1, -0.05) is 24.3 Å². The number of hydrogen-bond donors (Lipinski definition) is 2. The van der Waals surface area contributed by atoms with Crippen molar-refractivity contribution in [2.24, 2.45) is 0 Å². The Hall–Kier alpha value is -1.07. The van der Waals surface area contributed by atoms with Crippen molar-refractivity contribution in [3.63, 3.8) is 0 Å². The molecule has 0 aliphatic carbocycles. The minimum absolute atomic E-state index is 0.323. The average Bonchev–Trinajstić information content (AvgIpc) is 2.41. The molecule has 0 bridgehead atoms. The van der Waals surface area contributed by atoms with Crippen LogP contribution in [-0.4, -0.2) is 11.7 Å². The number of benzene rings is 2. The molecule has 0 saturated heterocycles. The third-order valence-electron chi connectivity index (χ3n) is 3.17. The van der Waals surface area contributed by atoms with Gasteiger partial charge in [0.15, 0.2) is 0 Å². The van der Waals surface area contributed by atoms with Crippen molar-refractivity contribution in [3.05, 3.63) is 63.2 Å². The minimum atomic E-state index is 0.323. The van der Waals surface area contributed by atoms with E-state index in [1.165, 1.54) is 14.7 Å². The molecule has 0 aliphatic rings. The summed E-state index contributed by atoms with van der Waals surface area (Å²) in [6.45, 7) is 3.11. The highest BCUT2D eigenvalue weighted by Gasteiger charge is 2.04. The lowest BCUT2D eigenvalue weighted by Crippen LogP contribution is -2.21. The van der Waals surface area contributed by atoms with Gasteiger partial charge in [0.2, 0.25) is 0 Å². The second-order valence-corrected chi connectivity index (χ2v) is 5.89. The van der Waals surface area contributed by atoms with Crippen LogP contribution < -0.4 is 5.32 Å². The van der Waals surface area contributed by atoms with E-state index in [0.29, 0.717) is 11.8 Å². The lowest BCUT2D eigenvalue weighted by Gasteiger charge is -2.14. The van der Waals surface area contributed by atoms with Gasteiger partial charge in [0, 0.05) is 9.61 Å². The first kappa shape index (κ1) is 14.3. The Morgan fingerprint density at radius 3 is 2.32 bits per heavy atom. The van der Waals surface area contributed by atoms with Crippen LogP contribution in [0.4, 0.5) is 0 Å². The number of phenols is 1. The highest BCUT2D eigenvalue weighted by molar-refractivity contribution is 14.1. The molecule has 0 radical (unpaired) electrons. The van der Waals surface area contributed by atoms with E-state index in [1.807, 2.05) is 12.1 Å². The zero-order valence-corrected chi connectivity index (χ0v) is 13.1. The monoisotopic (exact) mass is 367 g/mol. The van der Waals surface area contributed by atoms with Gasteiger partial charge in [-0.05, 0) is 77.9 Å². The number of halogens is 1. The first-order valence-corrected chi connectivity index (χ1v) is 7.50. The fourth-order valence-electron chi connectivity index (χ4n) is 1.96. The molecule has 0 saturated carbocycles. The van der Waals surface area contributed by atoms with Gasteiger partial charge >= 0.3 is 0 Å². The molecule has 1 unspecified atom stereocenters. The van der Waals surface area contributed by atoms with Crippen LogP contribution in [0, 0.1) is 3.57 Å². The van der Waals surface area contributed by atoms with E-state index in [9.17, 15) is 5.11 Å². The van der Waals surface area contributed by atoms with Gasteiger partial charge < -0.3 is 10.4 Å². The normalized spacial score (nSPS) is 12.3. The summed E-state index contributed by atoms with van der Waals surface area (Å²) >= 11 is 2.32. The molecule has 2 aromatic rings. The van der Waals surface area contributed by atoms with Crippen LogP contribution in [0.15, 0.2) is 48.5 Å². The molecule has 0 spiro atoms. The summed E-state index contributed by atoms with van der Waals surface area (Å²) in [4.78, 5) is 0. The predicted octanol–water partition coefficient (Wildman–Crippen LogP) is 3.89. The highest BCUT2D eigenvalue weighted by atomic mass is 127. The fraction of sp³-hybridized carbons (Fsp3) is 0.250. The molecule has 0 amide bonds. The van der Waals surface area contributed by atoms with Crippen molar-refractivity contribution in [1.82, 2.24) is 5.32 Å². The molecule has 2 nitrogen and oxygen atoms in total. The van der Waals surface area contributed by atoms with E-state index in [1.54, 1.807) is 12.1 Å². The summed E-state index contributed by atoms with van der Waals surface area (Å²) in [5.74, 6) is 0.323. The lowest BCUT2D eigenvalue weighted by atomic mass is 10.1. The number of aromatic hydroxyl groups is 1. The Bertz CT molecular complexity index is 507. The summed E-state index contributed by atoms with van der Waals surface area (Å²) in [6.07, 6.45) is 0.967. The first-order chi connectivity index (χ1) is 9.15. The molecule has 0 aromatic heterocycles. The summed E-state index contributed by atoms with van der Waals surface area (Å²) < 4.78 is 1.26. The molecule has 2 aromatic carbocycles. The maximum absolute atomic E-state index is 9.23. The van der Waals surface area contributed by atoms with Crippen LogP contribution in [0.3, 0.4) is 0 Å². The van der Waals surface area contributed by atoms with Gasteiger partial charge in [-0.3, -0.25) is 0 Å². The Labute approximate surface area is 128 Å². The number of phenolic OH excluding ortho intramolecular Hbond substituents is 1. The van der Waals surface area contributed by atoms with Gasteiger partial charge in [-0.15, -0.1) is 0 Å². The van der Waals surface area contributed by atoms with Crippen molar-refractivity contribution >= 4 is 22.6 Å². The number of nitrogens with one attached hydrogen (secondary N) is 1. The van der Waals surface area contributed by atoms with E-state index in [4.69, 9.17) is 0 Å². The zero-order chi connectivity index (χ0) is 13.7. The molecule has 2 N–H and O–H groups in total. The summed E-state index contributed by atoms with van der Waals surface area (Å²) in [6, 6.07) is 16.4. The highest BCUT2D eigenvalue weighted by Crippen LogP contribution is 2.15. The summed E-state index contributed by atoms with van der Waals surface area (Å²) in [5.41, 5.74) is 2.55. The Morgan fingerprint density at radius 2 is 1.68 bits per heavy atom. The van der Waals surface area contributed by atoms with Crippen molar-refractivity contribution in [1.29, 1.82) is 0 Å². The van der Waals surface area contributed by atoms with Gasteiger partial charge in [-0.25, -0.2) is 0 Å². The number of rotatable bonds is 5. The smallest absolute Gasteiger partial charge is 0.115 e. The van der Waals surface area contributed by atoms with Gasteiger partial charge in [0.05, 0.1) is 0 Å². The quantitative estimate of drug-likeness (QED) is 0.786. The van der Waals surface area contributed by atoms with Crippen molar-refractivity contribution < 1.29 is 5.11 Å². The van der Waals surface area contributed by atoms with Gasteiger partial charge in [0.25, 0.3) is 0 Å². The predicted molar refractivity (Wildman–Crippen MR) is 87.4 cm³/mol. The Kier molecular flexibility index (Phi) is 5.22. The van der Waals surface area contributed by atoms with Crippen LogP contribution in [0.25, 0.3) is 0 Å². The van der Waals surface area contributed by atoms with Crippen LogP contribution >= 0.6 is 22.6 Å². The van der Waals surface area contributed by atoms with Crippen LogP contribution in [-0.2, 0) is 6.42 Å². The second kappa shape index (κ2) is 6.91. The molecule has 100 valence electrons. The molecule has 1 atom stereocenters. The molecule has 19 heavy (non-hydrogen) atoms. The second-order valence-electron chi connectivity index (χ2n) is 4.64. The molecule has 0 heterocycles. The first-order valence-electron chi connectivity index (χ1n) is 6.42. The van der Waals surface area contributed by atoms with E-state index >= 15 is 0 Å². The maximum atomic E-state index is 9.23. The van der Waals surface area contributed by atoms with Crippen LogP contribution in [0.2, 0.25) is 0 Å². The maximum Gasteiger partial charge on any atom is 0.115 e.